The number of hydrogen-bond donors (Lipinski definition) is 3. The van der Waals surface area contributed by atoms with Crippen molar-refractivity contribution in [2.75, 3.05) is 35.2 Å². The van der Waals surface area contributed by atoms with Gasteiger partial charge in [-0.3, -0.25) is 9.59 Å². The predicted molar refractivity (Wildman–Crippen MR) is 127 cm³/mol. The van der Waals surface area contributed by atoms with Crippen LogP contribution in [-0.2, 0) is 9.59 Å². The first kappa shape index (κ1) is 22.2. The molecular weight excluding hydrogens is 418 g/mol. The van der Waals surface area contributed by atoms with E-state index in [9.17, 15) is 9.59 Å². The van der Waals surface area contributed by atoms with E-state index in [0.717, 1.165) is 11.3 Å². The highest BCUT2D eigenvalue weighted by molar-refractivity contribution is 6.00. The predicted octanol–water partition coefficient (Wildman–Crippen LogP) is 2.81. The molecule has 3 aromatic rings. The molecule has 0 saturated carbocycles. The van der Waals surface area contributed by atoms with E-state index in [0.29, 0.717) is 37.1 Å². The third kappa shape index (κ3) is 5.62. The second kappa shape index (κ2) is 10.1. The fourth-order valence-electron chi connectivity index (χ4n) is 3.61. The summed E-state index contributed by atoms with van der Waals surface area (Å²) in [5.74, 6) is 1.40. The molecule has 1 aliphatic rings. The summed E-state index contributed by atoms with van der Waals surface area (Å²) in [4.78, 5) is 30.9. The number of hydrogen-bond acceptors (Lipinski definition) is 7. The van der Waals surface area contributed by atoms with E-state index in [4.69, 9.17) is 0 Å². The van der Waals surface area contributed by atoms with Crippen molar-refractivity contribution in [1.29, 1.82) is 0 Å². The average molecular weight is 446 g/mol. The van der Waals surface area contributed by atoms with Crippen molar-refractivity contribution >= 4 is 35.0 Å². The van der Waals surface area contributed by atoms with Crippen LogP contribution in [0.3, 0.4) is 0 Å². The number of nitrogens with one attached hydrogen (secondary N) is 3. The first-order chi connectivity index (χ1) is 16.0. The molecule has 1 saturated heterocycles. The molecular formula is C24H27N7O2. The largest absolute Gasteiger partial charge is 0.367 e. The minimum Gasteiger partial charge on any atom is -0.367 e. The third-order valence-corrected chi connectivity index (χ3v) is 5.61. The zero-order valence-electron chi connectivity index (χ0n) is 18.7. The Morgan fingerprint density at radius 3 is 2.55 bits per heavy atom. The zero-order valence-corrected chi connectivity index (χ0v) is 18.7. The molecule has 1 aromatic carbocycles. The van der Waals surface area contributed by atoms with E-state index in [-0.39, 0.29) is 24.2 Å². The normalized spacial score (nSPS) is 15.4. The molecule has 2 aromatic heterocycles. The topological polar surface area (TPSA) is 112 Å². The molecule has 4 rings (SSSR count). The van der Waals surface area contributed by atoms with Crippen molar-refractivity contribution < 1.29 is 9.59 Å². The molecule has 9 nitrogen and oxygen atoms in total. The SMILES string of the molecule is Cc1ccc(N2C[C@@H](C(=O)NCCNc3ccc(Nc4ccccn4)nn3)CC2=O)cc1C. The van der Waals surface area contributed by atoms with Crippen LogP contribution in [0.15, 0.2) is 54.7 Å². The van der Waals surface area contributed by atoms with Gasteiger partial charge in [-0.2, -0.15) is 0 Å². The molecule has 3 heterocycles. The number of pyridine rings is 1. The van der Waals surface area contributed by atoms with Crippen LogP contribution in [0, 0.1) is 19.8 Å². The Hall–Kier alpha value is -4.01. The van der Waals surface area contributed by atoms with Crippen molar-refractivity contribution in [3.63, 3.8) is 0 Å². The Labute approximate surface area is 192 Å². The summed E-state index contributed by atoms with van der Waals surface area (Å²) in [7, 11) is 0. The Bertz CT molecular complexity index is 1120. The maximum atomic E-state index is 12.6. The molecule has 0 spiro atoms. The number of anilines is 4. The molecule has 1 aliphatic heterocycles. The molecule has 33 heavy (non-hydrogen) atoms. The van der Waals surface area contributed by atoms with Gasteiger partial charge in [0.25, 0.3) is 0 Å². The summed E-state index contributed by atoms with van der Waals surface area (Å²) in [6.07, 6.45) is 1.92. The Morgan fingerprint density at radius 1 is 1.00 bits per heavy atom. The first-order valence-corrected chi connectivity index (χ1v) is 10.9. The standard InChI is InChI=1S/C24H27N7O2/c1-16-6-7-19(13-17(16)2)31-15-18(14-23(31)32)24(33)27-12-11-26-21-8-9-22(30-29-21)28-20-5-3-4-10-25-20/h3-10,13,18H,11-12,14-15H2,1-2H3,(H,26,29)(H,27,33)(H,25,28,30)/t18-/m0/s1. The van der Waals surface area contributed by atoms with Crippen LogP contribution < -0.4 is 20.9 Å². The fraction of sp³-hybridized carbons (Fsp3) is 0.292. The van der Waals surface area contributed by atoms with Crippen molar-refractivity contribution in [3.8, 4) is 0 Å². The van der Waals surface area contributed by atoms with Gasteiger partial charge in [-0.15, -0.1) is 10.2 Å². The minimum absolute atomic E-state index is 0.0220. The summed E-state index contributed by atoms with van der Waals surface area (Å²) >= 11 is 0. The minimum atomic E-state index is -0.351. The van der Waals surface area contributed by atoms with Gasteiger partial charge in [0.15, 0.2) is 5.82 Å². The number of aryl methyl sites for hydroxylation is 2. The first-order valence-electron chi connectivity index (χ1n) is 10.9. The van der Waals surface area contributed by atoms with E-state index in [1.807, 2.05) is 50.2 Å². The van der Waals surface area contributed by atoms with E-state index < -0.39 is 0 Å². The number of rotatable bonds is 8. The molecule has 0 bridgehead atoms. The zero-order chi connectivity index (χ0) is 23.2. The van der Waals surface area contributed by atoms with Gasteiger partial charge in [-0.1, -0.05) is 12.1 Å². The molecule has 3 N–H and O–H groups in total. The molecule has 170 valence electrons. The molecule has 2 amide bonds. The fourth-order valence-corrected chi connectivity index (χ4v) is 3.61. The Kier molecular flexibility index (Phi) is 6.77. The van der Waals surface area contributed by atoms with Crippen molar-refractivity contribution in [1.82, 2.24) is 20.5 Å². The summed E-state index contributed by atoms with van der Waals surface area (Å²) in [6, 6.07) is 15.1. The van der Waals surface area contributed by atoms with Crippen LogP contribution in [0.1, 0.15) is 17.5 Å². The van der Waals surface area contributed by atoms with E-state index in [1.54, 1.807) is 23.2 Å². The highest BCUT2D eigenvalue weighted by atomic mass is 16.2. The number of benzene rings is 1. The van der Waals surface area contributed by atoms with E-state index in [1.165, 1.54) is 5.56 Å². The van der Waals surface area contributed by atoms with Crippen molar-refractivity contribution in [2.45, 2.75) is 20.3 Å². The van der Waals surface area contributed by atoms with Crippen LogP contribution in [0.5, 0.6) is 0 Å². The van der Waals surface area contributed by atoms with Crippen LogP contribution in [-0.4, -0.2) is 46.6 Å². The second-order valence-electron chi connectivity index (χ2n) is 8.04. The van der Waals surface area contributed by atoms with Gasteiger partial charge in [-0.05, 0) is 61.4 Å². The van der Waals surface area contributed by atoms with Gasteiger partial charge < -0.3 is 20.9 Å². The molecule has 1 atom stereocenters. The highest BCUT2D eigenvalue weighted by Crippen LogP contribution is 2.26. The molecule has 9 heteroatoms. The van der Waals surface area contributed by atoms with Gasteiger partial charge in [-0.25, -0.2) is 4.98 Å². The number of aromatic nitrogens is 3. The molecule has 0 unspecified atom stereocenters. The molecule has 0 aliphatic carbocycles. The Morgan fingerprint density at radius 2 is 1.82 bits per heavy atom. The quantitative estimate of drug-likeness (QED) is 0.457. The molecule has 1 fully saturated rings. The van der Waals surface area contributed by atoms with Gasteiger partial charge >= 0.3 is 0 Å². The van der Waals surface area contributed by atoms with E-state index in [2.05, 4.69) is 31.1 Å². The highest BCUT2D eigenvalue weighted by Gasteiger charge is 2.35. The number of carbonyl (C=O) groups is 2. The van der Waals surface area contributed by atoms with Gasteiger partial charge in [0.05, 0.1) is 5.92 Å². The lowest BCUT2D eigenvalue weighted by Crippen LogP contribution is -2.35. The monoisotopic (exact) mass is 445 g/mol. The van der Waals surface area contributed by atoms with Gasteiger partial charge in [0.2, 0.25) is 11.8 Å². The number of carbonyl (C=O) groups excluding carboxylic acids is 2. The van der Waals surface area contributed by atoms with Crippen molar-refractivity contribution in [2.24, 2.45) is 5.92 Å². The summed E-state index contributed by atoms with van der Waals surface area (Å²) in [5.41, 5.74) is 3.15. The van der Waals surface area contributed by atoms with Gasteiger partial charge in [0.1, 0.15) is 11.6 Å². The van der Waals surface area contributed by atoms with Crippen molar-refractivity contribution in [3.05, 3.63) is 65.9 Å². The summed E-state index contributed by atoms with van der Waals surface area (Å²) < 4.78 is 0. The van der Waals surface area contributed by atoms with E-state index >= 15 is 0 Å². The van der Waals surface area contributed by atoms with Crippen LogP contribution in [0.4, 0.5) is 23.1 Å². The maximum absolute atomic E-state index is 12.6. The van der Waals surface area contributed by atoms with Crippen LogP contribution >= 0.6 is 0 Å². The second-order valence-corrected chi connectivity index (χ2v) is 8.04. The lowest BCUT2D eigenvalue weighted by molar-refractivity contribution is -0.126. The van der Waals surface area contributed by atoms with Gasteiger partial charge in [0, 0.05) is 37.9 Å². The van der Waals surface area contributed by atoms with Crippen LogP contribution in [0.2, 0.25) is 0 Å². The smallest absolute Gasteiger partial charge is 0.227 e. The third-order valence-electron chi connectivity index (χ3n) is 5.61. The Balaban J connectivity index is 1.21. The molecule has 0 radical (unpaired) electrons. The lowest BCUT2D eigenvalue weighted by Gasteiger charge is -2.18. The average Bonchev–Trinajstić information content (AvgIpc) is 3.22. The van der Waals surface area contributed by atoms with Crippen LogP contribution in [0.25, 0.3) is 0 Å². The maximum Gasteiger partial charge on any atom is 0.227 e. The number of nitrogens with zero attached hydrogens (tertiary/aromatic N) is 4. The number of amides is 2. The lowest BCUT2D eigenvalue weighted by atomic mass is 10.1. The summed E-state index contributed by atoms with van der Waals surface area (Å²) in [6.45, 7) is 5.37. The summed E-state index contributed by atoms with van der Waals surface area (Å²) in [5, 5.41) is 17.3.